The molecule has 0 spiro atoms. The molecule has 3 N–H and O–H groups in total. The average molecular weight is 435 g/mol. The van der Waals surface area contributed by atoms with Crippen LogP contribution in [0.15, 0.2) is 28.7 Å². The van der Waals surface area contributed by atoms with E-state index in [9.17, 15) is 9.59 Å². The smallest absolute Gasteiger partial charge is 0.226 e. The summed E-state index contributed by atoms with van der Waals surface area (Å²) in [4.78, 5) is 26.1. The van der Waals surface area contributed by atoms with Crippen LogP contribution in [0.3, 0.4) is 0 Å². The summed E-state index contributed by atoms with van der Waals surface area (Å²) in [6.07, 6.45) is 1.97. The van der Waals surface area contributed by atoms with Crippen LogP contribution in [0.2, 0.25) is 0 Å². The molecular formula is C17H25BrClN3O3. The van der Waals surface area contributed by atoms with E-state index in [-0.39, 0.29) is 30.1 Å². The van der Waals surface area contributed by atoms with Crippen molar-refractivity contribution < 1.29 is 14.3 Å². The molecule has 6 nitrogen and oxygen atoms in total. The molecule has 0 bridgehead atoms. The Morgan fingerprint density at radius 1 is 1.40 bits per heavy atom. The molecule has 1 fully saturated rings. The van der Waals surface area contributed by atoms with E-state index in [1.807, 2.05) is 24.3 Å². The van der Waals surface area contributed by atoms with E-state index < -0.39 is 0 Å². The first-order valence-corrected chi connectivity index (χ1v) is 9.03. The lowest BCUT2D eigenvalue weighted by Gasteiger charge is -2.32. The topological polar surface area (TPSA) is 84.7 Å². The Bertz CT molecular complexity index is 574. The zero-order valence-corrected chi connectivity index (χ0v) is 16.5. The standard InChI is InChI=1S/C17H24BrN3O3.ClH/c18-14-4-1-5-15(11-14)24-10-6-16(22)21-9-2-3-13(12-21)17(23)20-8-7-19;/h1,4-5,11,13H,2-3,6-10,12,19H2,(H,20,23);1H. The van der Waals surface area contributed by atoms with E-state index in [0.29, 0.717) is 39.2 Å². The number of nitrogens with zero attached hydrogens (tertiary/aromatic N) is 1. The molecule has 0 aromatic heterocycles. The first-order valence-electron chi connectivity index (χ1n) is 8.24. The Morgan fingerprint density at radius 3 is 2.92 bits per heavy atom. The molecule has 1 aromatic rings. The number of nitrogens with one attached hydrogen (secondary N) is 1. The van der Waals surface area contributed by atoms with Gasteiger partial charge in [0, 0.05) is 30.7 Å². The second-order valence-corrected chi connectivity index (χ2v) is 6.73. The van der Waals surface area contributed by atoms with Crippen LogP contribution in [0.5, 0.6) is 5.75 Å². The first kappa shape index (κ1) is 21.7. The normalized spacial score (nSPS) is 16.7. The van der Waals surface area contributed by atoms with Gasteiger partial charge in [0.05, 0.1) is 18.9 Å². The van der Waals surface area contributed by atoms with Gasteiger partial charge in [0.15, 0.2) is 0 Å². The van der Waals surface area contributed by atoms with Crippen LogP contribution in [-0.2, 0) is 9.59 Å². The number of piperidine rings is 1. The fourth-order valence-corrected chi connectivity index (χ4v) is 3.11. The molecule has 0 radical (unpaired) electrons. The molecule has 1 atom stereocenters. The van der Waals surface area contributed by atoms with Crippen molar-refractivity contribution in [3.63, 3.8) is 0 Å². The zero-order valence-electron chi connectivity index (χ0n) is 14.1. The molecule has 1 aliphatic heterocycles. The summed E-state index contributed by atoms with van der Waals surface area (Å²) in [5.74, 6) is 0.611. The average Bonchev–Trinajstić information content (AvgIpc) is 2.59. The summed E-state index contributed by atoms with van der Waals surface area (Å²) >= 11 is 3.38. The van der Waals surface area contributed by atoms with Gasteiger partial charge in [0.25, 0.3) is 0 Å². The summed E-state index contributed by atoms with van der Waals surface area (Å²) in [5, 5.41) is 2.80. The molecule has 2 rings (SSSR count). The highest BCUT2D eigenvalue weighted by Gasteiger charge is 2.27. The fraction of sp³-hybridized carbons (Fsp3) is 0.529. The first-order chi connectivity index (χ1) is 11.6. The van der Waals surface area contributed by atoms with E-state index in [1.54, 1.807) is 4.90 Å². The predicted octanol–water partition coefficient (Wildman–Crippen LogP) is 1.95. The molecule has 1 aromatic carbocycles. The van der Waals surface area contributed by atoms with Gasteiger partial charge < -0.3 is 20.7 Å². The molecule has 0 aliphatic carbocycles. The van der Waals surface area contributed by atoms with Gasteiger partial charge in [-0.3, -0.25) is 9.59 Å². The lowest BCUT2D eigenvalue weighted by atomic mass is 9.97. The number of ether oxygens (including phenoxy) is 1. The van der Waals surface area contributed by atoms with Crippen molar-refractivity contribution in [2.24, 2.45) is 11.7 Å². The lowest BCUT2D eigenvalue weighted by molar-refractivity contribution is -0.136. The predicted molar refractivity (Wildman–Crippen MR) is 103 cm³/mol. The number of benzene rings is 1. The number of hydrogen-bond acceptors (Lipinski definition) is 4. The number of nitrogens with two attached hydrogens (primary N) is 1. The lowest BCUT2D eigenvalue weighted by Crippen LogP contribution is -2.46. The van der Waals surface area contributed by atoms with Crippen molar-refractivity contribution in [3.05, 3.63) is 28.7 Å². The quantitative estimate of drug-likeness (QED) is 0.687. The molecule has 1 saturated heterocycles. The van der Waals surface area contributed by atoms with Crippen LogP contribution in [0.25, 0.3) is 0 Å². The van der Waals surface area contributed by atoms with E-state index in [0.717, 1.165) is 23.1 Å². The third-order valence-electron chi connectivity index (χ3n) is 3.97. The Balaban J connectivity index is 0.00000312. The minimum Gasteiger partial charge on any atom is -0.493 e. The number of rotatable bonds is 7. The van der Waals surface area contributed by atoms with Crippen molar-refractivity contribution in [2.45, 2.75) is 19.3 Å². The summed E-state index contributed by atoms with van der Waals surface area (Å²) in [6, 6.07) is 7.52. The van der Waals surface area contributed by atoms with Crippen LogP contribution in [0.1, 0.15) is 19.3 Å². The fourth-order valence-electron chi connectivity index (χ4n) is 2.73. The number of hydrogen-bond donors (Lipinski definition) is 2. The van der Waals surface area contributed by atoms with Gasteiger partial charge in [-0.05, 0) is 31.0 Å². The highest BCUT2D eigenvalue weighted by molar-refractivity contribution is 9.10. The number of likely N-dealkylation sites (tertiary alicyclic amines) is 1. The third-order valence-corrected chi connectivity index (χ3v) is 4.46. The van der Waals surface area contributed by atoms with E-state index in [1.165, 1.54) is 0 Å². The molecule has 1 unspecified atom stereocenters. The molecular weight excluding hydrogens is 410 g/mol. The van der Waals surface area contributed by atoms with Gasteiger partial charge in [-0.1, -0.05) is 22.0 Å². The summed E-state index contributed by atoms with van der Waals surface area (Å²) in [6.45, 7) is 2.41. The SMILES string of the molecule is Cl.NCCNC(=O)C1CCCN(C(=O)CCOc2cccc(Br)c2)C1. The molecule has 25 heavy (non-hydrogen) atoms. The van der Waals surface area contributed by atoms with Crippen LogP contribution in [0.4, 0.5) is 0 Å². The minimum atomic E-state index is -0.139. The number of carbonyl (C=O) groups is 2. The second-order valence-electron chi connectivity index (χ2n) is 5.81. The maximum absolute atomic E-state index is 12.3. The second kappa shape index (κ2) is 11.3. The molecule has 1 aliphatic rings. The Hall–Kier alpha value is -1.31. The van der Waals surface area contributed by atoms with Crippen molar-refractivity contribution in [1.82, 2.24) is 10.2 Å². The maximum Gasteiger partial charge on any atom is 0.226 e. The van der Waals surface area contributed by atoms with Crippen LogP contribution < -0.4 is 15.8 Å². The monoisotopic (exact) mass is 433 g/mol. The highest BCUT2D eigenvalue weighted by atomic mass is 79.9. The van der Waals surface area contributed by atoms with E-state index in [4.69, 9.17) is 10.5 Å². The third kappa shape index (κ3) is 7.22. The number of carbonyl (C=O) groups excluding carboxylic acids is 2. The molecule has 2 amide bonds. The molecule has 1 heterocycles. The Labute approximate surface area is 163 Å². The highest BCUT2D eigenvalue weighted by Crippen LogP contribution is 2.19. The van der Waals surface area contributed by atoms with E-state index >= 15 is 0 Å². The van der Waals surface area contributed by atoms with Gasteiger partial charge in [0.2, 0.25) is 11.8 Å². The van der Waals surface area contributed by atoms with Gasteiger partial charge >= 0.3 is 0 Å². The Kier molecular flexibility index (Phi) is 9.85. The number of amides is 2. The molecule has 140 valence electrons. The van der Waals surface area contributed by atoms with Crippen molar-refractivity contribution in [1.29, 1.82) is 0 Å². The van der Waals surface area contributed by atoms with Crippen molar-refractivity contribution in [3.8, 4) is 5.75 Å². The van der Waals surface area contributed by atoms with Crippen LogP contribution in [0, 0.1) is 5.92 Å². The summed E-state index contributed by atoms with van der Waals surface area (Å²) in [7, 11) is 0. The van der Waals surface area contributed by atoms with Crippen molar-refractivity contribution >= 4 is 40.2 Å². The van der Waals surface area contributed by atoms with Gasteiger partial charge in [-0.15, -0.1) is 12.4 Å². The van der Waals surface area contributed by atoms with Gasteiger partial charge in [-0.25, -0.2) is 0 Å². The minimum absolute atomic E-state index is 0. The Morgan fingerprint density at radius 2 is 2.20 bits per heavy atom. The summed E-state index contributed by atoms with van der Waals surface area (Å²) < 4.78 is 6.54. The van der Waals surface area contributed by atoms with E-state index in [2.05, 4.69) is 21.2 Å². The number of halogens is 2. The largest absolute Gasteiger partial charge is 0.493 e. The van der Waals surface area contributed by atoms with Crippen LogP contribution >= 0.6 is 28.3 Å². The van der Waals surface area contributed by atoms with Gasteiger partial charge in [0.1, 0.15) is 5.75 Å². The molecule has 8 heteroatoms. The maximum atomic E-state index is 12.3. The molecule has 0 saturated carbocycles. The van der Waals surface area contributed by atoms with Crippen molar-refractivity contribution in [2.75, 3.05) is 32.8 Å². The zero-order chi connectivity index (χ0) is 17.4. The summed E-state index contributed by atoms with van der Waals surface area (Å²) in [5.41, 5.74) is 5.40. The van der Waals surface area contributed by atoms with Gasteiger partial charge in [-0.2, -0.15) is 0 Å². The van der Waals surface area contributed by atoms with Crippen LogP contribution in [-0.4, -0.2) is 49.5 Å².